The first-order valence-corrected chi connectivity index (χ1v) is 11.4. The van der Waals surface area contributed by atoms with Gasteiger partial charge in [-0.25, -0.2) is 0 Å². The molecule has 0 radical (unpaired) electrons. The number of carbonyl (C=O) groups excluding carboxylic acids is 2. The van der Waals surface area contributed by atoms with Crippen molar-refractivity contribution in [3.63, 3.8) is 0 Å². The van der Waals surface area contributed by atoms with E-state index in [1.807, 2.05) is 18.2 Å². The summed E-state index contributed by atoms with van der Waals surface area (Å²) in [5, 5.41) is 15.8. The highest BCUT2D eigenvalue weighted by Gasteiger charge is 2.36. The van der Waals surface area contributed by atoms with Crippen molar-refractivity contribution in [2.45, 2.75) is 56.5 Å². The Labute approximate surface area is 195 Å². The zero-order chi connectivity index (χ0) is 24.3. The molecule has 0 unspecified atom stereocenters. The zero-order valence-electron chi connectivity index (χ0n) is 18.5. The molecule has 0 aromatic heterocycles. The van der Waals surface area contributed by atoms with E-state index in [1.54, 1.807) is 6.07 Å². The molecule has 2 aromatic rings. The first kappa shape index (κ1) is 24.2. The number of hydrogen-bond donors (Lipinski definition) is 3. The van der Waals surface area contributed by atoms with E-state index in [2.05, 4.69) is 10.6 Å². The number of carbonyl (C=O) groups is 2. The lowest BCUT2D eigenvalue weighted by Gasteiger charge is -2.40. The lowest BCUT2D eigenvalue weighted by Crippen LogP contribution is -2.45. The van der Waals surface area contributed by atoms with Crippen LogP contribution in [0.4, 0.5) is 18.9 Å². The smallest absolute Gasteiger partial charge is 0.389 e. The average molecular weight is 476 g/mol. The molecule has 1 amide bonds. The fraction of sp³-hybridized carbons (Fsp3) is 0.440. The minimum atomic E-state index is -4.42. The van der Waals surface area contributed by atoms with Gasteiger partial charge in [0.15, 0.2) is 0 Å². The van der Waals surface area contributed by atoms with Crippen molar-refractivity contribution in [3.05, 3.63) is 64.7 Å². The molecule has 182 valence electrons. The maximum absolute atomic E-state index is 12.8. The van der Waals surface area contributed by atoms with Gasteiger partial charge in [0.2, 0.25) is 5.78 Å². The van der Waals surface area contributed by atoms with E-state index in [9.17, 15) is 27.9 Å². The van der Waals surface area contributed by atoms with Crippen LogP contribution in [-0.2, 0) is 33.3 Å². The SMILES string of the molecule is O=C(CCCc1ccc2c(c1)[C@H]1C[C@@H](N2)[C@H](O)CO1)C(=O)NCCc1cccc(C(F)(F)F)c1. The Kier molecular flexibility index (Phi) is 7.23. The number of rotatable bonds is 8. The molecule has 2 aromatic carbocycles. The molecule has 2 aliphatic heterocycles. The van der Waals surface area contributed by atoms with Crippen LogP contribution < -0.4 is 10.6 Å². The van der Waals surface area contributed by atoms with Gasteiger partial charge in [-0.1, -0.05) is 30.3 Å². The number of halogens is 3. The second-order valence-electron chi connectivity index (χ2n) is 8.78. The summed E-state index contributed by atoms with van der Waals surface area (Å²) < 4.78 is 44.1. The highest BCUT2D eigenvalue weighted by atomic mass is 19.4. The van der Waals surface area contributed by atoms with Crippen molar-refractivity contribution in [2.24, 2.45) is 0 Å². The van der Waals surface area contributed by atoms with Gasteiger partial charge in [-0.05, 0) is 42.5 Å². The van der Waals surface area contributed by atoms with Gasteiger partial charge < -0.3 is 20.5 Å². The van der Waals surface area contributed by atoms with E-state index < -0.39 is 29.5 Å². The van der Waals surface area contributed by atoms with Crippen LogP contribution in [0.15, 0.2) is 42.5 Å². The molecule has 34 heavy (non-hydrogen) atoms. The topological polar surface area (TPSA) is 87.7 Å². The minimum absolute atomic E-state index is 0.0122. The van der Waals surface area contributed by atoms with E-state index in [0.717, 1.165) is 28.9 Å². The highest BCUT2D eigenvalue weighted by molar-refractivity contribution is 6.36. The van der Waals surface area contributed by atoms with E-state index in [-0.39, 0.29) is 31.5 Å². The maximum Gasteiger partial charge on any atom is 0.416 e. The Morgan fingerprint density at radius 2 is 1.91 bits per heavy atom. The van der Waals surface area contributed by atoms with Crippen LogP contribution in [0.2, 0.25) is 0 Å². The van der Waals surface area contributed by atoms with Crippen LogP contribution in [0.1, 0.15) is 47.6 Å². The second-order valence-corrected chi connectivity index (χ2v) is 8.78. The maximum atomic E-state index is 12.8. The molecule has 9 heteroatoms. The van der Waals surface area contributed by atoms with Gasteiger partial charge in [-0.2, -0.15) is 13.2 Å². The summed E-state index contributed by atoms with van der Waals surface area (Å²) in [6.45, 7) is 0.379. The van der Waals surface area contributed by atoms with Gasteiger partial charge in [0.25, 0.3) is 5.91 Å². The Morgan fingerprint density at radius 3 is 2.71 bits per heavy atom. The largest absolute Gasteiger partial charge is 0.416 e. The summed E-state index contributed by atoms with van der Waals surface area (Å²) in [5.41, 5.74) is 2.72. The normalized spacial score (nSPS) is 21.4. The number of nitrogens with one attached hydrogen (secondary N) is 2. The molecule has 1 fully saturated rings. The van der Waals surface area contributed by atoms with Gasteiger partial charge in [0, 0.05) is 30.6 Å². The third kappa shape index (κ3) is 5.77. The Bertz CT molecular complexity index is 1060. The number of alkyl halides is 3. The van der Waals surface area contributed by atoms with Crippen LogP contribution in [0, 0.1) is 0 Å². The van der Waals surface area contributed by atoms with Crippen molar-refractivity contribution in [1.82, 2.24) is 5.32 Å². The molecular formula is C25H27F3N2O4. The van der Waals surface area contributed by atoms with Crippen LogP contribution in [0.5, 0.6) is 0 Å². The average Bonchev–Trinajstić information content (AvgIpc) is 2.81. The van der Waals surface area contributed by atoms with Crippen LogP contribution in [0.3, 0.4) is 0 Å². The minimum Gasteiger partial charge on any atom is -0.389 e. The molecule has 6 nitrogen and oxygen atoms in total. The van der Waals surface area contributed by atoms with Crippen LogP contribution in [-0.4, -0.2) is 42.1 Å². The standard InChI is InChI=1S/C25H27F3N2O4/c26-25(27,28)17-5-1-3-16(11-17)9-10-29-24(33)21(31)6-2-4-15-7-8-19-18(12-15)23-13-20(30-19)22(32)14-34-23/h1,3,5,7-8,11-12,20,22-23,30,32H,2,4,6,9-10,13-14H2,(H,29,33)/t20-,22-,23-/m1/s1. The van der Waals surface area contributed by atoms with E-state index in [0.29, 0.717) is 31.4 Å². The lowest BCUT2D eigenvalue weighted by atomic mass is 9.88. The number of Topliss-reactive ketones (excluding diaryl/α,β-unsaturated/α-hetero) is 1. The number of aliphatic hydroxyl groups excluding tert-OH is 1. The molecule has 2 heterocycles. The Balaban J connectivity index is 1.21. The summed E-state index contributed by atoms with van der Waals surface area (Å²) in [4.78, 5) is 24.2. The van der Waals surface area contributed by atoms with Gasteiger partial charge >= 0.3 is 6.18 Å². The van der Waals surface area contributed by atoms with E-state index in [4.69, 9.17) is 4.74 Å². The first-order valence-electron chi connectivity index (χ1n) is 11.4. The number of amides is 1. The van der Waals surface area contributed by atoms with Crippen molar-refractivity contribution < 1.29 is 32.6 Å². The summed E-state index contributed by atoms with van der Waals surface area (Å²) in [5.74, 6) is -1.27. The second kappa shape index (κ2) is 10.1. The van der Waals surface area contributed by atoms with Gasteiger partial charge in [0.05, 0.1) is 30.4 Å². The number of ether oxygens (including phenoxy) is 1. The molecule has 0 saturated carbocycles. The number of hydrogen-bond acceptors (Lipinski definition) is 5. The first-order chi connectivity index (χ1) is 16.2. The van der Waals surface area contributed by atoms with Crippen LogP contribution in [0.25, 0.3) is 0 Å². The molecule has 3 atom stereocenters. The van der Waals surface area contributed by atoms with Crippen molar-refractivity contribution >= 4 is 17.4 Å². The summed E-state index contributed by atoms with van der Waals surface area (Å²) in [7, 11) is 0. The quantitative estimate of drug-likeness (QED) is 0.507. The van der Waals surface area contributed by atoms with Crippen LogP contribution >= 0.6 is 0 Å². The van der Waals surface area contributed by atoms with Gasteiger partial charge in [-0.3, -0.25) is 9.59 Å². The third-order valence-corrected chi connectivity index (χ3v) is 6.28. The van der Waals surface area contributed by atoms with Gasteiger partial charge in [0.1, 0.15) is 0 Å². The number of benzene rings is 2. The number of fused-ring (bicyclic) bond motifs is 4. The van der Waals surface area contributed by atoms with E-state index >= 15 is 0 Å². The molecule has 3 N–H and O–H groups in total. The zero-order valence-corrected chi connectivity index (χ0v) is 18.5. The number of aryl methyl sites for hydroxylation is 1. The molecule has 0 aliphatic carbocycles. The van der Waals surface area contributed by atoms with E-state index in [1.165, 1.54) is 6.07 Å². The fourth-order valence-corrected chi connectivity index (χ4v) is 4.41. The molecular weight excluding hydrogens is 449 g/mol. The Hall–Kier alpha value is -2.91. The monoisotopic (exact) mass is 476 g/mol. The predicted octanol–water partition coefficient (Wildman–Crippen LogP) is 3.57. The highest BCUT2D eigenvalue weighted by Crippen LogP contribution is 2.39. The molecule has 4 rings (SSSR count). The summed E-state index contributed by atoms with van der Waals surface area (Å²) in [6.07, 6.45) is -2.89. The molecule has 0 spiro atoms. The molecule has 1 saturated heterocycles. The third-order valence-electron chi connectivity index (χ3n) is 6.28. The van der Waals surface area contributed by atoms with Gasteiger partial charge in [-0.15, -0.1) is 0 Å². The molecule has 2 aliphatic rings. The number of ketones is 1. The summed E-state index contributed by atoms with van der Waals surface area (Å²) >= 11 is 0. The lowest BCUT2D eigenvalue weighted by molar-refractivity contribution is -0.138. The number of anilines is 1. The molecule has 2 bridgehead atoms. The summed E-state index contributed by atoms with van der Waals surface area (Å²) in [6, 6.07) is 10.9. The van der Waals surface area contributed by atoms with Crippen molar-refractivity contribution in [2.75, 3.05) is 18.5 Å². The predicted molar refractivity (Wildman–Crippen MR) is 119 cm³/mol. The van der Waals surface area contributed by atoms with Crippen molar-refractivity contribution in [3.8, 4) is 0 Å². The fourth-order valence-electron chi connectivity index (χ4n) is 4.41. The van der Waals surface area contributed by atoms with Crippen molar-refractivity contribution in [1.29, 1.82) is 0 Å². The number of aliphatic hydroxyl groups is 1. The Morgan fingerprint density at radius 1 is 1.12 bits per heavy atom.